The van der Waals surface area contributed by atoms with E-state index in [0.29, 0.717) is 0 Å². The van der Waals surface area contributed by atoms with Gasteiger partial charge in [-0.2, -0.15) is 0 Å². The minimum Gasteiger partial charge on any atom is -0.341 e. The maximum Gasteiger partial charge on any atom is 0.0444 e. The molecule has 1 heteroatoms. The summed E-state index contributed by atoms with van der Waals surface area (Å²) < 4.78 is 2.48. The van der Waals surface area contributed by atoms with E-state index >= 15 is 0 Å². The number of hydrogen-bond acceptors (Lipinski definition) is 0. The third-order valence-corrected chi connectivity index (χ3v) is 4.65. The zero-order chi connectivity index (χ0) is 19.2. The summed E-state index contributed by atoms with van der Waals surface area (Å²) in [7, 11) is 0. The summed E-state index contributed by atoms with van der Waals surface area (Å²) in [4.78, 5) is 0. The molecule has 0 spiro atoms. The molecule has 1 aromatic rings. The first-order chi connectivity index (χ1) is 12.1. The van der Waals surface area contributed by atoms with Gasteiger partial charge in [0.2, 0.25) is 0 Å². The van der Waals surface area contributed by atoms with Gasteiger partial charge in [0.1, 0.15) is 0 Å². The van der Waals surface area contributed by atoms with Crippen LogP contribution in [0.25, 0.3) is 12.2 Å². The smallest absolute Gasteiger partial charge is 0.0444 e. The van der Waals surface area contributed by atoms with Gasteiger partial charge in [-0.25, -0.2) is 0 Å². The monoisotopic (exact) mass is 343 g/mol. The highest BCUT2D eigenvalue weighted by Gasteiger charge is 2.17. The van der Waals surface area contributed by atoms with E-state index in [9.17, 15) is 0 Å². The molecular weight excluding hydrogens is 302 g/mol. The molecule has 1 atom stereocenters. The molecule has 0 radical (unpaired) electrons. The first-order valence-corrected chi connectivity index (χ1v) is 10.2. The highest BCUT2D eigenvalue weighted by atomic mass is 15.0. The van der Waals surface area contributed by atoms with Crippen LogP contribution in [0.15, 0.2) is 25.3 Å². The van der Waals surface area contributed by atoms with Crippen molar-refractivity contribution < 1.29 is 0 Å². The van der Waals surface area contributed by atoms with Gasteiger partial charge >= 0.3 is 0 Å². The Hall–Kier alpha value is -1.50. The lowest BCUT2D eigenvalue weighted by molar-refractivity contribution is 0.389. The van der Waals surface area contributed by atoms with E-state index in [-0.39, 0.29) is 0 Å². The van der Waals surface area contributed by atoms with Crippen LogP contribution in [0.4, 0.5) is 0 Å². The molecule has 0 aliphatic carbocycles. The van der Waals surface area contributed by atoms with Crippen LogP contribution in [0.3, 0.4) is 0 Å². The van der Waals surface area contributed by atoms with Crippen molar-refractivity contribution >= 4 is 12.2 Å². The lowest BCUT2D eigenvalue weighted by atomic mass is 9.99. The molecule has 0 aliphatic heterocycles. The van der Waals surface area contributed by atoms with Gasteiger partial charge in [0.15, 0.2) is 0 Å². The summed E-state index contributed by atoms with van der Waals surface area (Å²) >= 11 is 0. The lowest BCUT2D eigenvalue weighted by Crippen LogP contribution is -2.13. The van der Waals surface area contributed by atoms with Gasteiger partial charge in [-0.1, -0.05) is 85.6 Å². The molecule has 0 amide bonds. The third kappa shape index (κ3) is 7.10. The van der Waals surface area contributed by atoms with Gasteiger partial charge in [-0.15, -0.1) is 0 Å². The zero-order valence-corrected chi connectivity index (χ0v) is 17.7. The summed E-state index contributed by atoms with van der Waals surface area (Å²) in [5, 5.41) is 0. The average Bonchev–Trinajstić information content (AvgIpc) is 2.87. The Balaban J connectivity index is 0.00000178. The number of unbranched alkanes of at least 4 members (excludes halogenated alkanes) is 1. The second-order valence-electron chi connectivity index (χ2n) is 6.76. The van der Waals surface area contributed by atoms with Crippen LogP contribution < -0.4 is 0 Å². The minimum atomic E-state index is 0.742. The summed E-state index contributed by atoms with van der Waals surface area (Å²) in [5.41, 5.74) is 5.45. The Bertz CT molecular complexity index is 531. The molecule has 0 fully saturated rings. The van der Waals surface area contributed by atoms with E-state index in [1.165, 1.54) is 54.6 Å². The number of aromatic nitrogens is 1. The number of hydrogen-bond donors (Lipinski definition) is 0. The van der Waals surface area contributed by atoms with E-state index in [1.807, 2.05) is 18.2 Å². The quantitative estimate of drug-likeness (QED) is 0.381. The van der Waals surface area contributed by atoms with Crippen molar-refractivity contribution in [2.24, 2.45) is 5.92 Å². The first-order valence-electron chi connectivity index (χ1n) is 10.2. The summed E-state index contributed by atoms with van der Waals surface area (Å²) in [6.07, 6.45) is 15.6. The normalized spacial score (nSPS) is 11.9. The summed E-state index contributed by atoms with van der Waals surface area (Å²) in [5.74, 6) is 0.742. The average molecular weight is 344 g/mol. The second kappa shape index (κ2) is 13.8. The molecule has 0 aliphatic rings. The van der Waals surface area contributed by atoms with E-state index in [1.54, 1.807) is 0 Å². The van der Waals surface area contributed by atoms with Crippen molar-refractivity contribution in [2.45, 2.75) is 86.6 Å². The Kier molecular flexibility index (Phi) is 12.9. The van der Waals surface area contributed by atoms with Crippen LogP contribution in [0.2, 0.25) is 0 Å². The fraction of sp³-hybridized carbons (Fsp3) is 0.583. The second-order valence-corrected chi connectivity index (χ2v) is 6.76. The molecule has 1 unspecified atom stereocenters. The Morgan fingerprint density at radius 2 is 1.68 bits per heavy atom. The molecule has 1 rings (SSSR count). The highest BCUT2D eigenvalue weighted by Crippen LogP contribution is 2.28. The van der Waals surface area contributed by atoms with E-state index in [2.05, 4.69) is 65.3 Å². The molecule has 25 heavy (non-hydrogen) atoms. The maximum atomic E-state index is 4.07. The Morgan fingerprint density at radius 1 is 1.04 bits per heavy atom. The maximum absolute atomic E-state index is 4.07. The third-order valence-electron chi connectivity index (χ3n) is 4.65. The molecular formula is C24H41N. The van der Waals surface area contributed by atoms with Gasteiger partial charge in [-0.05, 0) is 49.0 Å². The summed E-state index contributed by atoms with van der Waals surface area (Å²) in [6, 6.07) is 0. The van der Waals surface area contributed by atoms with Crippen LogP contribution in [0, 0.1) is 12.8 Å². The summed E-state index contributed by atoms with van der Waals surface area (Å²) in [6.45, 7) is 22.3. The van der Waals surface area contributed by atoms with Crippen LogP contribution >= 0.6 is 0 Å². The van der Waals surface area contributed by atoms with Gasteiger partial charge in [0, 0.05) is 17.9 Å². The van der Waals surface area contributed by atoms with Gasteiger partial charge in [-0.3, -0.25) is 0 Å². The zero-order valence-electron chi connectivity index (χ0n) is 17.7. The van der Waals surface area contributed by atoms with Gasteiger partial charge in [0.25, 0.3) is 0 Å². The number of nitrogens with zero attached hydrogens (tertiary/aromatic N) is 1. The van der Waals surface area contributed by atoms with E-state index < -0.39 is 0 Å². The van der Waals surface area contributed by atoms with Crippen LogP contribution in [-0.4, -0.2) is 4.57 Å². The predicted octanol–water partition coefficient (Wildman–Crippen LogP) is 7.83. The van der Waals surface area contributed by atoms with Gasteiger partial charge in [0.05, 0.1) is 0 Å². The standard InChI is InChI=1S/C21H33N.C3H8/c1-7-12-14-18(9-3)16-22-20(11-5)19(10-4)17(6)21(22)15-13-8-2;1-3-2/h8,11,13,15,18H,2,5,7,9-10,12,14,16H2,1,3-4,6H3;3H2,1-2H3/b15-13-;. The van der Waals surface area contributed by atoms with Crippen LogP contribution in [0.5, 0.6) is 0 Å². The molecule has 1 heterocycles. The SMILES string of the molecule is C=C/C=C\c1c(C)c(CC)c(C=C)n1CC(CC)CCCC.CCC. The molecule has 142 valence electrons. The van der Waals surface area contributed by atoms with Crippen molar-refractivity contribution in [1.82, 2.24) is 4.57 Å². The largest absolute Gasteiger partial charge is 0.341 e. The molecule has 0 saturated heterocycles. The molecule has 0 aromatic carbocycles. The van der Waals surface area contributed by atoms with Gasteiger partial charge < -0.3 is 4.57 Å². The fourth-order valence-corrected chi connectivity index (χ4v) is 3.27. The van der Waals surface area contributed by atoms with E-state index in [4.69, 9.17) is 0 Å². The fourth-order valence-electron chi connectivity index (χ4n) is 3.27. The van der Waals surface area contributed by atoms with Crippen LogP contribution in [0.1, 0.15) is 89.2 Å². The molecule has 0 N–H and O–H groups in total. The Morgan fingerprint density at radius 3 is 2.12 bits per heavy atom. The molecule has 1 nitrogen and oxygen atoms in total. The number of allylic oxidation sites excluding steroid dienone is 2. The van der Waals surface area contributed by atoms with Crippen molar-refractivity contribution in [3.05, 3.63) is 47.8 Å². The van der Waals surface area contributed by atoms with Crippen molar-refractivity contribution in [3.8, 4) is 0 Å². The first kappa shape index (κ1) is 23.5. The molecule has 0 bridgehead atoms. The van der Waals surface area contributed by atoms with E-state index in [0.717, 1.165) is 18.9 Å². The van der Waals surface area contributed by atoms with Crippen molar-refractivity contribution in [3.63, 3.8) is 0 Å². The number of rotatable bonds is 10. The Labute approximate surface area is 157 Å². The van der Waals surface area contributed by atoms with Crippen molar-refractivity contribution in [1.29, 1.82) is 0 Å². The predicted molar refractivity (Wildman–Crippen MR) is 117 cm³/mol. The lowest BCUT2D eigenvalue weighted by Gasteiger charge is -2.19. The molecule has 0 saturated carbocycles. The highest BCUT2D eigenvalue weighted by molar-refractivity contribution is 5.62. The molecule has 1 aromatic heterocycles. The van der Waals surface area contributed by atoms with Crippen molar-refractivity contribution in [2.75, 3.05) is 0 Å². The topological polar surface area (TPSA) is 4.93 Å². The van der Waals surface area contributed by atoms with Crippen LogP contribution in [-0.2, 0) is 13.0 Å². The minimum absolute atomic E-state index is 0.742.